The van der Waals surface area contributed by atoms with Gasteiger partial charge in [0.05, 0.1) is 24.3 Å². The van der Waals surface area contributed by atoms with Crippen LogP contribution in [0, 0.1) is 11.3 Å². The molecule has 1 heterocycles. The summed E-state index contributed by atoms with van der Waals surface area (Å²) in [6, 6.07) is 10.3. The topological polar surface area (TPSA) is 92.1 Å². The quantitative estimate of drug-likeness (QED) is 0.624. The van der Waals surface area contributed by atoms with E-state index in [2.05, 4.69) is 16.4 Å². The van der Waals surface area contributed by atoms with E-state index in [4.69, 9.17) is 10.00 Å². The lowest BCUT2D eigenvalue weighted by Crippen LogP contribution is -2.41. The van der Waals surface area contributed by atoms with Gasteiger partial charge in [-0.25, -0.2) is 4.79 Å². The van der Waals surface area contributed by atoms with Crippen LogP contribution in [0.1, 0.15) is 36.0 Å². The average Bonchev–Trinajstić information content (AvgIpc) is 2.62. The highest BCUT2D eigenvalue weighted by molar-refractivity contribution is 6.06. The minimum Gasteiger partial charge on any atom is -0.467 e. The fourth-order valence-corrected chi connectivity index (χ4v) is 2.47. The first-order chi connectivity index (χ1) is 11.7. The lowest BCUT2D eigenvalue weighted by molar-refractivity contribution is -0.143. The lowest BCUT2D eigenvalue weighted by Gasteiger charge is -2.16. The number of carbonyl (C=O) groups excluding carboxylic acids is 2. The number of fused-ring (bicyclic) bond motifs is 1. The predicted molar refractivity (Wildman–Crippen MR) is 89.1 cm³/mol. The summed E-state index contributed by atoms with van der Waals surface area (Å²) in [5, 5.41) is 12.1. The van der Waals surface area contributed by atoms with Crippen LogP contribution in [0.15, 0.2) is 36.5 Å². The second-order valence-corrected chi connectivity index (χ2v) is 5.33. The molecule has 2 rings (SSSR count). The number of pyridine rings is 1. The third-order valence-electron chi connectivity index (χ3n) is 3.70. The van der Waals surface area contributed by atoms with Crippen molar-refractivity contribution in [1.82, 2.24) is 10.3 Å². The van der Waals surface area contributed by atoms with Crippen LogP contribution >= 0.6 is 0 Å². The van der Waals surface area contributed by atoms with Gasteiger partial charge in [0.2, 0.25) is 0 Å². The molecule has 1 amide bonds. The maximum absolute atomic E-state index is 12.6. The Morgan fingerprint density at radius 1 is 1.29 bits per heavy atom. The Morgan fingerprint density at radius 2 is 2.08 bits per heavy atom. The number of benzene rings is 1. The average molecular weight is 325 g/mol. The molecule has 0 unspecified atom stereocenters. The molecule has 0 aliphatic rings. The van der Waals surface area contributed by atoms with Gasteiger partial charge >= 0.3 is 5.97 Å². The first-order valence-corrected chi connectivity index (χ1v) is 7.76. The number of unbranched alkanes of at least 4 members (excludes halogenated alkanes) is 2. The molecule has 6 heteroatoms. The molecular formula is C18H19N3O3. The second kappa shape index (κ2) is 8.63. The number of hydrogen-bond acceptors (Lipinski definition) is 5. The normalized spacial score (nSPS) is 11.5. The smallest absolute Gasteiger partial charge is 0.328 e. The van der Waals surface area contributed by atoms with Crippen molar-refractivity contribution in [2.75, 3.05) is 7.11 Å². The maximum atomic E-state index is 12.6. The SMILES string of the molecule is COC(=O)[C@H](CCCCC#N)NC(=O)c1cccc2cccnc12. The number of rotatable bonds is 7. The van der Waals surface area contributed by atoms with Gasteiger partial charge in [0.1, 0.15) is 6.04 Å². The molecule has 0 spiro atoms. The van der Waals surface area contributed by atoms with E-state index >= 15 is 0 Å². The molecule has 0 aliphatic carbocycles. The minimum atomic E-state index is -0.736. The summed E-state index contributed by atoms with van der Waals surface area (Å²) >= 11 is 0. The molecule has 0 fully saturated rings. The minimum absolute atomic E-state index is 0.366. The molecule has 0 bridgehead atoms. The zero-order valence-corrected chi connectivity index (χ0v) is 13.5. The van der Waals surface area contributed by atoms with Gasteiger partial charge in [0.15, 0.2) is 0 Å². The van der Waals surface area contributed by atoms with Crippen LogP contribution in [0.3, 0.4) is 0 Å². The predicted octanol–water partition coefficient (Wildman–Crippen LogP) is 2.59. The van der Waals surface area contributed by atoms with Crippen molar-refractivity contribution >= 4 is 22.8 Å². The summed E-state index contributed by atoms with van der Waals surface area (Å²) in [5.74, 6) is -0.858. The first kappa shape index (κ1) is 17.4. The molecule has 2 aromatic rings. The monoisotopic (exact) mass is 325 g/mol. The third kappa shape index (κ3) is 4.29. The van der Waals surface area contributed by atoms with Gasteiger partial charge in [-0.05, 0) is 31.4 Å². The van der Waals surface area contributed by atoms with Crippen LogP contribution in [0.5, 0.6) is 0 Å². The third-order valence-corrected chi connectivity index (χ3v) is 3.70. The lowest BCUT2D eigenvalue weighted by atomic mass is 10.1. The van der Waals surface area contributed by atoms with Crippen LogP contribution in [0.25, 0.3) is 10.9 Å². The maximum Gasteiger partial charge on any atom is 0.328 e. The van der Waals surface area contributed by atoms with Gasteiger partial charge in [0.25, 0.3) is 5.91 Å². The van der Waals surface area contributed by atoms with Gasteiger partial charge < -0.3 is 10.1 Å². The van der Waals surface area contributed by atoms with E-state index in [-0.39, 0.29) is 5.91 Å². The fourth-order valence-electron chi connectivity index (χ4n) is 2.47. The Labute approximate surface area is 140 Å². The molecule has 1 aromatic heterocycles. The zero-order chi connectivity index (χ0) is 17.4. The number of nitriles is 1. The first-order valence-electron chi connectivity index (χ1n) is 7.76. The standard InChI is InChI=1S/C18H19N3O3/c1-24-18(23)15(10-3-2-4-11-19)21-17(22)14-9-5-7-13-8-6-12-20-16(13)14/h5-9,12,15H,2-4,10H2,1H3,(H,21,22)/t15-/m0/s1. The van der Waals surface area contributed by atoms with Crippen LogP contribution in [0.4, 0.5) is 0 Å². The molecule has 1 aromatic carbocycles. The molecule has 124 valence electrons. The van der Waals surface area contributed by atoms with Crippen molar-refractivity contribution < 1.29 is 14.3 Å². The summed E-state index contributed by atoms with van der Waals surface area (Å²) in [5.41, 5.74) is 1.00. The van der Waals surface area contributed by atoms with Crippen molar-refractivity contribution in [3.8, 4) is 6.07 Å². The number of ether oxygens (including phenoxy) is 1. The Kier molecular flexibility index (Phi) is 6.26. The largest absolute Gasteiger partial charge is 0.467 e. The van der Waals surface area contributed by atoms with Crippen LogP contribution < -0.4 is 5.32 Å². The van der Waals surface area contributed by atoms with E-state index in [0.29, 0.717) is 36.8 Å². The number of methoxy groups -OCH3 is 1. The van der Waals surface area contributed by atoms with Gasteiger partial charge in [-0.3, -0.25) is 9.78 Å². The summed E-state index contributed by atoms with van der Waals surface area (Å²) in [7, 11) is 1.29. The second-order valence-electron chi connectivity index (χ2n) is 5.33. The van der Waals surface area contributed by atoms with E-state index in [0.717, 1.165) is 5.39 Å². The molecular weight excluding hydrogens is 306 g/mol. The number of hydrogen-bond donors (Lipinski definition) is 1. The number of nitrogens with zero attached hydrogens (tertiary/aromatic N) is 2. The van der Waals surface area contributed by atoms with Crippen LogP contribution in [-0.2, 0) is 9.53 Å². The fraction of sp³-hybridized carbons (Fsp3) is 0.333. The highest BCUT2D eigenvalue weighted by Crippen LogP contribution is 2.16. The van der Waals surface area contributed by atoms with E-state index in [1.165, 1.54) is 7.11 Å². The highest BCUT2D eigenvalue weighted by Gasteiger charge is 2.22. The van der Waals surface area contributed by atoms with E-state index in [1.807, 2.05) is 12.1 Å². The number of esters is 1. The number of nitrogens with one attached hydrogen (secondary N) is 1. The van der Waals surface area contributed by atoms with Crippen molar-refractivity contribution in [3.63, 3.8) is 0 Å². The molecule has 0 radical (unpaired) electrons. The Balaban J connectivity index is 2.14. The van der Waals surface area contributed by atoms with Gasteiger partial charge in [-0.1, -0.05) is 18.2 Å². The number of para-hydroxylation sites is 1. The summed E-state index contributed by atoms with van der Waals surface area (Å²) in [4.78, 5) is 28.7. The molecule has 6 nitrogen and oxygen atoms in total. The molecule has 0 aliphatic heterocycles. The van der Waals surface area contributed by atoms with Crippen molar-refractivity contribution in [2.24, 2.45) is 0 Å². The van der Waals surface area contributed by atoms with Crippen LogP contribution in [-0.4, -0.2) is 30.0 Å². The summed E-state index contributed by atoms with van der Waals surface area (Å²) < 4.78 is 4.76. The highest BCUT2D eigenvalue weighted by atomic mass is 16.5. The van der Waals surface area contributed by atoms with Gasteiger partial charge in [-0.2, -0.15) is 5.26 Å². The summed E-state index contributed by atoms with van der Waals surface area (Å²) in [6.45, 7) is 0. The Bertz CT molecular complexity index is 762. The summed E-state index contributed by atoms with van der Waals surface area (Å²) in [6.07, 6.45) is 3.81. The van der Waals surface area contributed by atoms with Gasteiger partial charge in [-0.15, -0.1) is 0 Å². The number of carbonyl (C=O) groups is 2. The molecule has 24 heavy (non-hydrogen) atoms. The van der Waals surface area contributed by atoms with Crippen LogP contribution in [0.2, 0.25) is 0 Å². The molecule has 1 atom stereocenters. The Hall–Kier alpha value is -2.94. The molecule has 0 saturated carbocycles. The van der Waals surface area contributed by atoms with Gasteiger partial charge in [0, 0.05) is 18.0 Å². The van der Waals surface area contributed by atoms with E-state index in [9.17, 15) is 9.59 Å². The molecule has 0 saturated heterocycles. The molecule has 1 N–H and O–H groups in total. The number of aromatic nitrogens is 1. The zero-order valence-electron chi connectivity index (χ0n) is 13.5. The van der Waals surface area contributed by atoms with Crippen molar-refractivity contribution in [3.05, 3.63) is 42.1 Å². The van der Waals surface area contributed by atoms with Crippen molar-refractivity contribution in [2.45, 2.75) is 31.7 Å². The number of amides is 1. The van der Waals surface area contributed by atoms with E-state index < -0.39 is 12.0 Å². The van der Waals surface area contributed by atoms with E-state index in [1.54, 1.807) is 24.4 Å². The Morgan fingerprint density at radius 3 is 2.83 bits per heavy atom. The van der Waals surface area contributed by atoms with Crippen molar-refractivity contribution in [1.29, 1.82) is 5.26 Å².